The van der Waals surface area contributed by atoms with Gasteiger partial charge in [0.15, 0.2) is 0 Å². The standard InChI is InChI=1S/C26H28N2O2S/c29-26(28-16-8-12-20-11-4-6-14-23(20)28)22-18-31-25(27-22)21-13-5-7-15-24(21)30-17-19-9-2-1-3-10-19/h1-3,5,7,9-10,13,15,18,20,23H,4,6,8,11-12,14,16-17H2. The van der Waals surface area contributed by atoms with Gasteiger partial charge in [0.1, 0.15) is 23.1 Å². The quantitative estimate of drug-likeness (QED) is 0.483. The molecule has 1 amide bonds. The van der Waals surface area contributed by atoms with E-state index in [0.29, 0.717) is 24.3 Å². The number of ether oxygens (including phenoxy) is 1. The summed E-state index contributed by atoms with van der Waals surface area (Å²) < 4.78 is 6.11. The van der Waals surface area contributed by atoms with Gasteiger partial charge in [-0.25, -0.2) is 4.98 Å². The van der Waals surface area contributed by atoms with Gasteiger partial charge in [-0.2, -0.15) is 0 Å². The van der Waals surface area contributed by atoms with Gasteiger partial charge in [-0.3, -0.25) is 4.79 Å². The normalized spacial score (nSPS) is 20.8. The summed E-state index contributed by atoms with van der Waals surface area (Å²) in [7, 11) is 0. The van der Waals surface area contributed by atoms with Gasteiger partial charge in [0.25, 0.3) is 5.91 Å². The third kappa shape index (κ3) is 4.38. The van der Waals surface area contributed by atoms with E-state index in [9.17, 15) is 4.79 Å². The molecule has 2 fully saturated rings. The second-order valence-corrected chi connectivity index (χ2v) is 9.42. The molecular weight excluding hydrogens is 404 g/mol. The summed E-state index contributed by atoms with van der Waals surface area (Å²) in [6.07, 6.45) is 7.33. The van der Waals surface area contributed by atoms with E-state index in [0.717, 1.165) is 41.3 Å². The van der Waals surface area contributed by atoms with Gasteiger partial charge < -0.3 is 9.64 Å². The number of piperidine rings is 1. The van der Waals surface area contributed by atoms with Crippen LogP contribution in [0.5, 0.6) is 5.75 Å². The molecular formula is C26H28N2O2S. The molecule has 1 aliphatic carbocycles. The third-order valence-corrected chi connectivity index (χ3v) is 7.46. The molecule has 2 heterocycles. The molecule has 31 heavy (non-hydrogen) atoms. The van der Waals surface area contributed by atoms with E-state index in [1.54, 1.807) is 0 Å². The van der Waals surface area contributed by atoms with Crippen molar-refractivity contribution in [3.63, 3.8) is 0 Å². The van der Waals surface area contributed by atoms with Crippen LogP contribution in [0.4, 0.5) is 0 Å². The molecule has 2 atom stereocenters. The Morgan fingerprint density at radius 1 is 1.00 bits per heavy atom. The van der Waals surface area contributed by atoms with Crippen LogP contribution in [-0.2, 0) is 6.61 Å². The van der Waals surface area contributed by atoms with E-state index >= 15 is 0 Å². The Hall–Kier alpha value is -2.66. The number of aromatic nitrogens is 1. The Bertz CT molecular complexity index is 1030. The highest BCUT2D eigenvalue weighted by Crippen LogP contribution is 2.37. The number of likely N-dealkylation sites (tertiary alicyclic amines) is 1. The maximum Gasteiger partial charge on any atom is 0.273 e. The zero-order valence-electron chi connectivity index (χ0n) is 17.7. The van der Waals surface area contributed by atoms with Gasteiger partial charge >= 0.3 is 0 Å². The molecule has 4 nitrogen and oxygen atoms in total. The summed E-state index contributed by atoms with van der Waals surface area (Å²) in [6, 6.07) is 18.5. The van der Waals surface area contributed by atoms with Crippen LogP contribution in [-0.4, -0.2) is 28.4 Å². The molecule has 0 radical (unpaired) electrons. The third-order valence-electron chi connectivity index (χ3n) is 6.58. The van der Waals surface area contributed by atoms with E-state index < -0.39 is 0 Å². The Labute approximate surface area is 187 Å². The first-order chi connectivity index (χ1) is 15.3. The van der Waals surface area contributed by atoms with Crippen LogP contribution in [0.3, 0.4) is 0 Å². The summed E-state index contributed by atoms with van der Waals surface area (Å²) in [4.78, 5) is 20.2. The number of hydrogen-bond donors (Lipinski definition) is 0. The van der Waals surface area contributed by atoms with Crippen molar-refractivity contribution >= 4 is 17.2 Å². The lowest BCUT2D eigenvalue weighted by Crippen LogP contribution is -2.49. The minimum Gasteiger partial charge on any atom is -0.488 e. The average molecular weight is 433 g/mol. The minimum atomic E-state index is 0.0989. The maximum atomic E-state index is 13.3. The molecule has 2 aliphatic rings. The molecule has 2 aromatic carbocycles. The highest BCUT2D eigenvalue weighted by Gasteiger charge is 2.36. The zero-order chi connectivity index (χ0) is 21.0. The molecule has 3 aromatic rings. The monoisotopic (exact) mass is 432 g/mol. The summed E-state index contributed by atoms with van der Waals surface area (Å²) >= 11 is 1.52. The predicted octanol–water partition coefficient (Wildman–Crippen LogP) is 6.18. The van der Waals surface area contributed by atoms with Gasteiger partial charge in [0.05, 0.1) is 5.56 Å². The Kier molecular flexibility index (Phi) is 6.03. The topological polar surface area (TPSA) is 42.4 Å². The van der Waals surface area contributed by atoms with Crippen molar-refractivity contribution in [1.29, 1.82) is 0 Å². The first-order valence-corrected chi connectivity index (χ1v) is 12.2. The lowest BCUT2D eigenvalue weighted by molar-refractivity contribution is 0.0386. The number of thiazole rings is 1. The Balaban J connectivity index is 1.34. The van der Waals surface area contributed by atoms with Crippen LogP contribution in [0, 0.1) is 5.92 Å². The second-order valence-electron chi connectivity index (χ2n) is 8.56. The van der Waals surface area contributed by atoms with Crippen molar-refractivity contribution in [1.82, 2.24) is 9.88 Å². The van der Waals surface area contributed by atoms with Crippen molar-refractivity contribution in [2.45, 2.75) is 51.2 Å². The largest absolute Gasteiger partial charge is 0.488 e. The number of fused-ring (bicyclic) bond motifs is 1. The number of amides is 1. The fourth-order valence-corrected chi connectivity index (χ4v) is 5.85. The van der Waals surface area contributed by atoms with E-state index in [1.165, 1.54) is 37.0 Å². The number of para-hydroxylation sites is 1. The number of carbonyl (C=O) groups is 1. The van der Waals surface area contributed by atoms with Gasteiger partial charge in [-0.1, -0.05) is 55.3 Å². The van der Waals surface area contributed by atoms with Gasteiger partial charge in [0, 0.05) is 18.0 Å². The van der Waals surface area contributed by atoms with Crippen LogP contribution in [0.2, 0.25) is 0 Å². The van der Waals surface area contributed by atoms with Gasteiger partial charge in [0.2, 0.25) is 0 Å². The molecule has 1 aromatic heterocycles. The lowest BCUT2D eigenvalue weighted by atomic mass is 9.78. The van der Waals surface area contributed by atoms with E-state index in [1.807, 2.05) is 47.8 Å². The highest BCUT2D eigenvalue weighted by molar-refractivity contribution is 7.13. The zero-order valence-corrected chi connectivity index (χ0v) is 18.5. The van der Waals surface area contributed by atoms with Crippen molar-refractivity contribution < 1.29 is 9.53 Å². The summed E-state index contributed by atoms with van der Waals surface area (Å²) in [5.41, 5.74) is 2.64. The Morgan fingerprint density at radius 2 is 1.77 bits per heavy atom. The fraction of sp³-hybridized carbons (Fsp3) is 0.385. The number of hydrogen-bond acceptors (Lipinski definition) is 4. The van der Waals surface area contributed by atoms with E-state index in [2.05, 4.69) is 17.0 Å². The van der Waals surface area contributed by atoms with Crippen molar-refractivity contribution in [2.75, 3.05) is 6.54 Å². The van der Waals surface area contributed by atoms with Crippen LogP contribution < -0.4 is 4.74 Å². The van der Waals surface area contributed by atoms with Gasteiger partial charge in [-0.15, -0.1) is 11.3 Å². The van der Waals surface area contributed by atoms with Crippen LogP contribution in [0.25, 0.3) is 10.6 Å². The first kappa shape index (κ1) is 20.3. The molecule has 1 saturated carbocycles. The molecule has 0 spiro atoms. The molecule has 0 bridgehead atoms. The molecule has 2 unspecified atom stereocenters. The summed E-state index contributed by atoms with van der Waals surface area (Å²) in [5, 5.41) is 2.75. The molecule has 0 N–H and O–H groups in total. The maximum absolute atomic E-state index is 13.3. The molecule has 5 heteroatoms. The number of nitrogens with zero attached hydrogens (tertiary/aromatic N) is 2. The molecule has 160 valence electrons. The smallest absolute Gasteiger partial charge is 0.273 e. The number of benzene rings is 2. The SMILES string of the molecule is O=C(c1csc(-c2ccccc2OCc2ccccc2)n1)N1CCCC2CCCCC21. The summed E-state index contributed by atoms with van der Waals surface area (Å²) in [5.74, 6) is 1.57. The number of rotatable bonds is 5. The van der Waals surface area contributed by atoms with Crippen LogP contribution >= 0.6 is 11.3 Å². The van der Waals surface area contributed by atoms with Crippen molar-refractivity contribution in [3.8, 4) is 16.3 Å². The summed E-state index contributed by atoms with van der Waals surface area (Å²) in [6.45, 7) is 1.37. The van der Waals surface area contributed by atoms with Gasteiger partial charge in [-0.05, 0) is 49.3 Å². The lowest BCUT2D eigenvalue weighted by Gasteiger charge is -2.43. The van der Waals surface area contributed by atoms with Crippen molar-refractivity contribution in [2.24, 2.45) is 5.92 Å². The second kappa shape index (κ2) is 9.23. The minimum absolute atomic E-state index is 0.0989. The average Bonchev–Trinajstić information content (AvgIpc) is 3.33. The predicted molar refractivity (Wildman–Crippen MR) is 124 cm³/mol. The van der Waals surface area contributed by atoms with Crippen LogP contribution in [0.15, 0.2) is 60.0 Å². The highest BCUT2D eigenvalue weighted by atomic mass is 32.1. The fourth-order valence-electron chi connectivity index (χ4n) is 5.02. The van der Waals surface area contributed by atoms with Crippen molar-refractivity contribution in [3.05, 3.63) is 71.2 Å². The Morgan fingerprint density at radius 3 is 2.68 bits per heavy atom. The molecule has 5 rings (SSSR count). The van der Waals surface area contributed by atoms with Crippen LogP contribution in [0.1, 0.15) is 54.6 Å². The van der Waals surface area contributed by atoms with E-state index in [4.69, 9.17) is 9.72 Å². The molecule has 1 saturated heterocycles. The van der Waals surface area contributed by atoms with E-state index in [-0.39, 0.29) is 5.91 Å². The first-order valence-electron chi connectivity index (χ1n) is 11.3. The molecule has 1 aliphatic heterocycles. The number of carbonyl (C=O) groups excluding carboxylic acids is 1.